The minimum Gasteiger partial charge on any atom is -0.355 e. The van der Waals surface area contributed by atoms with Gasteiger partial charge >= 0.3 is 0 Å². The number of thiazole rings is 1. The first-order valence-corrected chi connectivity index (χ1v) is 9.38. The van der Waals surface area contributed by atoms with Gasteiger partial charge in [-0.3, -0.25) is 14.7 Å². The molecule has 130 valence electrons. The maximum absolute atomic E-state index is 12.0. The van der Waals surface area contributed by atoms with Gasteiger partial charge in [-0.25, -0.2) is 4.98 Å². The van der Waals surface area contributed by atoms with E-state index in [4.69, 9.17) is 0 Å². The molecule has 5 nitrogen and oxygen atoms in total. The molecule has 1 amide bonds. The number of hydrogen-bond acceptors (Lipinski definition) is 5. The number of amides is 1. The maximum atomic E-state index is 12.0. The number of nitrogens with zero attached hydrogens (tertiary/aromatic N) is 3. The van der Waals surface area contributed by atoms with Gasteiger partial charge in [0.05, 0.1) is 11.4 Å². The number of carbonyl (C=O) groups is 1. The minimum atomic E-state index is 0.0846. The monoisotopic (exact) mass is 346 g/mol. The number of pyridine rings is 1. The summed E-state index contributed by atoms with van der Waals surface area (Å²) in [5.41, 5.74) is 1.83. The third-order valence-corrected chi connectivity index (χ3v) is 4.99. The number of carbonyl (C=O) groups excluding carboxylic acids is 1. The zero-order chi connectivity index (χ0) is 17.4. The molecule has 1 N–H and O–H groups in total. The van der Waals surface area contributed by atoms with Gasteiger partial charge in [-0.2, -0.15) is 0 Å². The second-order valence-corrected chi connectivity index (χ2v) is 6.59. The molecule has 0 saturated heterocycles. The van der Waals surface area contributed by atoms with Crippen LogP contribution in [0.1, 0.15) is 32.9 Å². The smallest absolute Gasteiger partial charge is 0.220 e. The van der Waals surface area contributed by atoms with Crippen LogP contribution in [0.25, 0.3) is 10.7 Å². The molecular weight excluding hydrogens is 320 g/mol. The van der Waals surface area contributed by atoms with Crippen molar-refractivity contribution in [2.75, 3.05) is 19.6 Å². The maximum Gasteiger partial charge on any atom is 0.220 e. The molecule has 2 rings (SSSR count). The predicted molar refractivity (Wildman–Crippen MR) is 99.1 cm³/mol. The highest BCUT2D eigenvalue weighted by Gasteiger charge is 2.12. The molecule has 0 fully saturated rings. The molecule has 0 aliphatic rings. The summed E-state index contributed by atoms with van der Waals surface area (Å²) in [5, 5.41) is 5.94. The highest BCUT2D eigenvalue weighted by atomic mass is 32.1. The highest BCUT2D eigenvalue weighted by molar-refractivity contribution is 7.13. The van der Waals surface area contributed by atoms with Gasteiger partial charge < -0.3 is 5.32 Å². The molecule has 0 aromatic carbocycles. The zero-order valence-electron chi connectivity index (χ0n) is 14.7. The molecule has 0 saturated carbocycles. The van der Waals surface area contributed by atoms with Crippen LogP contribution in [0.3, 0.4) is 0 Å². The van der Waals surface area contributed by atoms with E-state index in [1.807, 2.05) is 23.6 Å². The van der Waals surface area contributed by atoms with Crippen LogP contribution in [0.4, 0.5) is 0 Å². The molecule has 6 heteroatoms. The third-order valence-electron chi connectivity index (χ3n) is 4.07. The number of nitrogens with one attached hydrogen (secondary N) is 1. The number of hydrogen-bond donors (Lipinski definition) is 1. The first kappa shape index (κ1) is 18.5. The van der Waals surface area contributed by atoms with Crippen LogP contribution in [0.5, 0.6) is 0 Å². The summed E-state index contributed by atoms with van der Waals surface area (Å²) in [7, 11) is 0. The standard InChI is InChI=1S/C18H26N4OS/c1-4-22(5-2)14(3)12-20-17(23)10-9-15-13-24-18(21-15)16-8-6-7-11-19-16/h6-8,11,13-14H,4-5,9-10,12H2,1-3H3,(H,20,23). The van der Waals surface area contributed by atoms with Gasteiger partial charge in [-0.05, 0) is 38.6 Å². The Morgan fingerprint density at radius 3 is 2.79 bits per heavy atom. The Kier molecular flexibility index (Phi) is 7.34. The fourth-order valence-electron chi connectivity index (χ4n) is 2.60. The third kappa shape index (κ3) is 5.39. The van der Waals surface area contributed by atoms with Crippen LogP contribution in [-0.2, 0) is 11.2 Å². The molecule has 0 aliphatic carbocycles. The summed E-state index contributed by atoms with van der Waals surface area (Å²) in [6.07, 6.45) is 2.89. The Bertz CT molecular complexity index is 625. The average Bonchev–Trinajstić information content (AvgIpc) is 3.09. The minimum absolute atomic E-state index is 0.0846. The lowest BCUT2D eigenvalue weighted by Crippen LogP contribution is -2.42. The molecule has 2 aromatic heterocycles. The van der Waals surface area contributed by atoms with Crippen LogP contribution < -0.4 is 5.32 Å². The lowest BCUT2D eigenvalue weighted by molar-refractivity contribution is -0.121. The Balaban J connectivity index is 1.77. The van der Waals surface area contributed by atoms with Crippen molar-refractivity contribution in [3.8, 4) is 10.7 Å². The van der Waals surface area contributed by atoms with E-state index < -0.39 is 0 Å². The summed E-state index contributed by atoms with van der Waals surface area (Å²) in [4.78, 5) is 23.2. The Morgan fingerprint density at radius 1 is 1.33 bits per heavy atom. The molecule has 0 bridgehead atoms. The fraction of sp³-hybridized carbons (Fsp3) is 0.500. The van der Waals surface area contributed by atoms with Crippen molar-refractivity contribution in [3.05, 3.63) is 35.5 Å². The first-order valence-electron chi connectivity index (χ1n) is 8.50. The Morgan fingerprint density at radius 2 is 2.12 bits per heavy atom. The van der Waals surface area contributed by atoms with Crippen molar-refractivity contribution in [3.63, 3.8) is 0 Å². The zero-order valence-corrected chi connectivity index (χ0v) is 15.5. The molecule has 24 heavy (non-hydrogen) atoms. The fourth-order valence-corrected chi connectivity index (χ4v) is 3.43. The van der Waals surface area contributed by atoms with E-state index >= 15 is 0 Å². The summed E-state index contributed by atoms with van der Waals surface area (Å²) in [5.74, 6) is 0.0846. The van der Waals surface area contributed by atoms with E-state index in [2.05, 4.69) is 41.0 Å². The van der Waals surface area contributed by atoms with Crippen molar-refractivity contribution >= 4 is 17.2 Å². The van der Waals surface area contributed by atoms with Crippen LogP contribution in [0, 0.1) is 0 Å². The van der Waals surface area contributed by atoms with Crippen molar-refractivity contribution in [2.24, 2.45) is 0 Å². The number of aryl methyl sites for hydroxylation is 1. The summed E-state index contributed by atoms with van der Waals surface area (Å²) < 4.78 is 0. The SMILES string of the molecule is CCN(CC)C(C)CNC(=O)CCc1csc(-c2ccccn2)n1. The van der Waals surface area contributed by atoms with E-state index in [9.17, 15) is 4.79 Å². The van der Waals surface area contributed by atoms with Gasteiger partial charge in [0.15, 0.2) is 0 Å². The van der Waals surface area contributed by atoms with Gasteiger partial charge in [-0.15, -0.1) is 11.3 Å². The largest absolute Gasteiger partial charge is 0.355 e. The second kappa shape index (κ2) is 9.49. The molecule has 2 aromatic rings. The van der Waals surface area contributed by atoms with Crippen molar-refractivity contribution < 1.29 is 4.79 Å². The van der Waals surface area contributed by atoms with Crippen LogP contribution in [0.15, 0.2) is 29.8 Å². The quantitative estimate of drug-likeness (QED) is 0.758. The van der Waals surface area contributed by atoms with Crippen molar-refractivity contribution in [2.45, 2.75) is 39.7 Å². The Labute approximate surface area is 148 Å². The normalized spacial score (nSPS) is 12.3. The molecule has 1 atom stereocenters. The lowest BCUT2D eigenvalue weighted by Gasteiger charge is -2.26. The van der Waals surface area contributed by atoms with Crippen molar-refractivity contribution in [1.29, 1.82) is 0 Å². The van der Waals surface area contributed by atoms with Crippen LogP contribution in [-0.4, -0.2) is 46.5 Å². The summed E-state index contributed by atoms with van der Waals surface area (Å²) in [6.45, 7) is 9.13. The average molecular weight is 346 g/mol. The summed E-state index contributed by atoms with van der Waals surface area (Å²) >= 11 is 1.57. The van der Waals surface area contributed by atoms with Gasteiger partial charge in [0, 0.05) is 30.6 Å². The van der Waals surface area contributed by atoms with E-state index in [0.29, 0.717) is 25.4 Å². The molecule has 1 unspecified atom stereocenters. The van der Waals surface area contributed by atoms with E-state index in [0.717, 1.165) is 29.5 Å². The van der Waals surface area contributed by atoms with Gasteiger partial charge in [0.2, 0.25) is 5.91 Å². The number of aromatic nitrogens is 2. The highest BCUT2D eigenvalue weighted by Crippen LogP contribution is 2.21. The van der Waals surface area contributed by atoms with E-state index in [1.54, 1.807) is 17.5 Å². The summed E-state index contributed by atoms with van der Waals surface area (Å²) in [6, 6.07) is 6.15. The molecule has 2 heterocycles. The first-order chi connectivity index (χ1) is 11.6. The second-order valence-electron chi connectivity index (χ2n) is 5.73. The molecule has 0 radical (unpaired) electrons. The van der Waals surface area contributed by atoms with Gasteiger partial charge in [0.1, 0.15) is 5.01 Å². The Hall–Kier alpha value is -1.79. The van der Waals surface area contributed by atoms with E-state index in [-0.39, 0.29) is 5.91 Å². The van der Waals surface area contributed by atoms with Crippen LogP contribution >= 0.6 is 11.3 Å². The molecule has 0 spiro atoms. The van der Waals surface area contributed by atoms with E-state index in [1.165, 1.54) is 0 Å². The topological polar surface area (TPSA) is 58.1 Å². The molecule has 0 aliphatic heterocycles. The number of rotatable bonds is 9. The predicted octanol–water partition coefficient (Wildman–Crippen LogP) is 2.98. The van der Waals surface area contributed by atoms with Crippen LogP contribution in [0.2, 0.25) is 0 Å². The lowest BCUT2D eigenvalue weighted by atomic mass is 10.2. The van der Waals surface area contributed by atoms with Gasteiger partial charge in [0.25, 0.3) is 0 Å². The van der Waals surface area contributed by atoms with Gasteiger partial charge in [-0.1, -0.05) is 19.9 Å². The number of likely N-dealkylation sites (N-methyl/N-ethyl adjacent to an activating group) is 1. The molecular formula is C18H26N4OS. The van der Waals surface area contributed by atoms with Crippen molar-refractivity contribution in [1.82, 2.24) is 20.2 Å².